The summed E-state index contributed by atoms with van der Waals surface area (Å²) in [7, 11) is 0. The highest BCUT2D eigenvalue weighted by atomic mass is 16.6. The molecule has 2 aromatic rings. The predicted molar refractivity (Wildman–Crippen MR) is 76.1 cm³/mol. The van der Waals surface area contributed by atoms with E-state index in [4.69, 9.17) is 4.74 Å². The lowest BCUT2D eigenvalue weighted by Gasteiger charge is -2.30. The van der Waals surface area contributed by atoms with Crippen LogP contribution in [0, 0.1) is 0 Å². The summed E-state index contributed by atoms with van der Waals surface area (Å²) in [6.07, 6.45) is 1.66. The van der Waals surface area contributed by atoms with Crippen LogP contribution >= 0.6 is 0 Å². The van der Waals surface area contributed by atoms with Gasteiger partial charge in [-0.05, 0) is 32.9 Å². The van der Waals surface area contributed by atoms with Gasteiger partial charge in [0.15, 0.2) is 0 Å². The molecular formula is C16H19NO3. The molecule has 0 saturated heterocycles. The third-order valence-electron chi connectivity index (χ3n) is 2.87. The van der Waals surface area contributed by atoms with Gasteiger partial charge in [0.1, 0.15) is 5.60 Å². The highest BCUT2D eigenvalue weighted by Crippen LogP contribution is 2.31. The molecule has 0 spiro atoms. The third kappa shape index (κ3) is 2.75. The summed E-state index contributed by atoms with van der Waals surface area (Å²) in [5.74, 6) is -0.696. The Hall–Kier alpha value is -2.07. The largest absolute Gasteiger partial charge is 0.457 e. The molecule has 0 fully saturated rings. The van der Waals surface area contributed by atoms with E-state index >= 15 is 0 Å². The van der Waals surface area contributed by atoms with Crippen LogP contribution in [0.5, 0.6) is 0 Å². The SMILES string of the molecule is CC(C)(C)OC(=O)[C@@](O)(c1ccccc1)c1ccc[nH]1. The zero-order valence-corrected chi connectivity index (χ0v) is 11.9. The summed E-state index contributed by atoms with van der Waals surface area (Å²) in [6.45, 7) is 5.31. The number of aliphatic hydroxyl groups is 1. The number of aromatic nitrogens is 1. The van der Waals surface area contributed by atoms with E-state index < -0.39 is 17.2 Å². The van der Waals surface area contributed by atoms with E-state index in [2.05, 4.69) is 4.98 Å². The molecule has 2 N–H and O–H groups in total. The minimum Gasteiger partial charge on any atom is -0.457 e. The Morgan fingerprint density at radius 2 is 1.75 bits per heavy atom. The minimum atomic E-state index is -1.84. The summed E-state index contributed by atoms with van der Waals surface area (Å²) in [5.41, 5.74) is -1.65. The topological polar surface area (TPSA) is 62.3 Å². The zero-order chi connectivity index (χ0) is 14.8. The molecule has 1 atom stereocenters. The van der Waals surface area contributed by atoms with Gasteiger partial charge < -0.3 is 14.8 Å². The molecule has 106 valence electrons. The van der Waals surface area contributed by atoms with Crippen molar-refractivity contribution in [2.45, 2.75) is 32.0 Å². The summed E-state index contributed by atoms with van der Waals surface area (Å²) in [6, 6.07) is 12.2. The molecule has 0 amide bonds. The number of nitrogens with one attached hydrogen (secondary N) is 1. The van der Waals surface area contributed by atoms with E-state index in [-0.39, 0.29) is 0 Å². The maximum atomic E-state index is 12.5. The monoisotopic (exact) mass is 273 g/mol. The summed E-state index contributed by atoms with van der Waals surface area (Å²) in [5, 5.41) is 11.0. The van der Waals surface area contributed by atoms with Gasteiger partial charge in [-0.15, -0.1) is 0 Å². The van der Waals surface area contributed by atoms with E-state index in [0.717, 1.165) is 0 Å². The van der Waals surface area contributed by atoms with Crippen LogP contribution in [0.1, 0.15) is 32.0 Å². The van der Waals surface area contributed by atoms with Crippen LogP contribution in [0.25, 0.3) is 0 Å². The zero-order valence-electron chi connectivity index (χ0n) is 11.9. The van der Waals surface area contributed by atoms with E-state index in [1.807, 2.05) is 6.07 Å². The Labute approximate surface area is 118 Å². The van der Waals surface area contributed by atoms with Gasteiger partial charge in [0.25, 0.3) is 0 Å². The van der Waals surface area contributed by atoms with E-state index in [1.165, 1.54) is 0 Å². The second-order valence-electron chi connectivity index (χ2n) is 5.66. The Morgan fingerprint density at radius 3 is 2.25 bits per heavy atom. The summed E-state index contributed by atoms with van der Waals surface area (Å²) >= 11 is 0. The molecule has 0 aliphatic carbocycles. The number of ether oxygens (including phenoxy) is 1. The quantitative estimate of drug-likeness (QED) is 0.845. The van der Waals surface area contributed by atoms with Crippen molar-refractivity contribution in [3.63, 3.8) is 0 Å². The number of hydrogen-bond donors (Lipinski definition) is 2. The molecule has 0 radical (unpaired) electrons. The smallest absolute Gasteiger partial charge is 0.349 e. The van der Waals surface area contributed by atoms with Crippen molar-refractivity contribution in [2.75, 3.05) is 0 Å². The van der Waals surface area contributed by atoms with E-state index in [1.54, 1.807) is 63.4 Å². The Bertz CT molecular complexity index is 570. The Kier molecular flexibility index (Phi) is 3.68. The van der Waals surface area contributed by atoms with Crippen molar-refractivity contribution in [2.24, 2.45) is 0 Å². The third-order valence-corrected chi connectivity index (χ3v) is 2.87. The van der Waals surface area contributed by atoms with Gasteiger partial charge in [0, 0.05) is 11.8 Å². The maximum Gasteiger partial charge on any atom is 0.349 e. The number of carbonyl (C=O) groups excluding carboxylic acids is 1. The highest BCUT2D eigenvalue weighted by Gasteiger charge is 2.44. The van der Waals surface area contributed by atoms with Crippen LogP contribution in [-0.4, -0.2) is 21.7 Å². The number of H-pyrrole nitrogens is 1. The lowest BCUT2D eigenvalue weighted by atomic mass is 9.90. The van der Waals surface area contributed by atoms with Gasteiger partial charge in [-0.2, -0.15) is 0 Å². The molecule has 4 nitrogen and oxygen atoms in total. The molecule has 1 heterocycles. The molecule has 2 rings (SSSR count). The highest BCUT2D eigenvalue weighted by molar-refractivity contribution is 5.85. The first-order valence-electron chi connectivity index (χ1n) is 6.49. The summed E-state index contributed by atoms with van der Waals surface area (Å²) < 4.78 is 5.37. The number of aromatic amines is 1. The van der Waals surface area contributed by atoms with Crippen molar-refractivity contribution in [1.29, 1.82) is 0 Å². The number of carbonyl (C=O) groups is 1. The lowest BCUT2D eigenvalue weighted by Crippen LogP contribution is -2.42. The molecule has 1 aromatic heterocycles. The number of esters is 1. The second-order valence-corrected chi connectivity index (χ2v) is 5.66. The van der Waals surface area contributed by atoms with Gasteiger partial charge in [-0.25, -0.2) is 4.79 Å². The molecule has 0 bridgehead atoms. The summed E-state index contributed by atoms with van der Waals surface area (Å²) in [4.78, 5) is 15.4. The van der Waals surface area contributed by atoms with Gasteiger partial charge in [0.2, 0.25) is 5.60 Å². The molecule has 0 saturated carbocycles. The van der Waals surface area contributed by atoms with E-state index in [0.29, 0.717) is 11.3 Å². The molecule has 20 heavy (non-hydrogen) atoms. The van der Waals surface area contributed by atoms with E-state index in [9.17, 15) is 9.90 Å². The van der Waals surface area contributed by atoms with Crippen molar-refractivity contribution < 1.29 is 14.6 Å². The van der Waals surface area contributed by atoms with Gasteiger partial charge in [-0.3, -0.25) is 0 Å². The van der Waals surface area contributed by atoms with Crippen LogP contribution in [0.2, 0.25) is 0 Å². The minimum absolute atomic E-state index is 0.387. The van der Waals surface area contributed by atoms with Crippen molar-refractivity contribution in [3.8, 4) is 0 Å². The van der Waals surface area contributed by atoms with Crippen molar-refractivity contribution in [3.05, 3.63) is 59.9 Å². The lowest BCUT2D eigenvalue weighted by molar-refractivity contribution is -0.174. The molecule has 0 aliphatic rings. The van der Waals surface area contributed by atoms with Crippen LogP contribution < -0.4 is 0 Å². The average molecular weight is 273 g/mol. The number of benzene rings is 1. The fourth-order valence-electron chi connectivity index (χ4n) is 1.97. The van der Waals surface area contributed by atoms with Gasteiger partial charge in [-0.1, -0.05) is 30.3 Å². The molecule has 1 aromatic carbocycles. The average Bonchev–Trinajstić information content (AvgIpc) is 2.91. The standard InChI is InChI=1S/C16H19NO3/c1-15(2,3)20-14(18)16(19,13-10-7-11-17-13)12-8-5-4-6-9-12/h4-11,17,19H,1-3H3/t16-/m1/s1. The molecule has 4 heteroatoms. The van der Waals surface area contributed by atoms with Crippen molar-refractivity contribution >= 4 is 5.97 Å². The normalized spacial score (nSPS) is 14.6. The molecule has 0 unspecified atom stereocenters. The van der Waals surface area contributed by atoms with Crippen molar-refractivity contribution in [1.82, 2.24) is 4.98 Å². The Morgan fingerprint density at radius 1 is 1.10 bits per heavy atom. The van der Waals surface area contributed by atoms with Crippen LogP contribution in [-0.2, 0) is 15.1 Å². The second kappa shape index (κ2) is 5.13. The Balaban J connectivity index is 2.48. The first kappa shape index (κ1) is 14.3. The van der Waals surface area contributed by atoms with Crippen LogP contribution in [0.4, 0.5) is 0 Å². The number of rotatable bonds is 3. The number of hydrogen-bond acceptors (Lipinski definition) is 3. The molecule has 0 aliphatic heterocycles. The fraction of sp³-hybridized carbons (Fsp3) is 0.312. The predicted octanol–water partition coefficient (Wildman–Crippen LogP) is 2.59. The van der Waals surface area contributed by atoms with Crippen LogP contribution in [0.3, 0.4) is 0 Å². The molecular weight excluding hydrogens is 254 g/mol. The maximum absolute atomic E-state index is 12.5. The van der Waals surface area contributed by atoms with Crippen LogP contribution in [0.15, 0.2) is 48.7 Å². The van der Waals surface area contributed by atoms with Gasteiger partial charge in [0.05, 0.1) is 5.69 Å². The fourth-order valence-corrected chi connectivity index (χ4v) is 1.97. The van der Waals surface area contributed by atoms with Gasteiger partial charge >= 0.3 is 5.97 Å². The first-order chi connectivity index (χ1) is 9.34. The first-order valence-corrected chi connectivity index (χ1v) is 6.49.